The first kappa shape index (κ1) is 13.2. The van der Waals surface area contributed by atoms with Gasteiger partial charge in [-0.15, -0.1) is 0 Å². The van der Waals surface area contributed by atoms with Crippen molar-refractivity contribution in [3.63, 3.8) is 0 Å². The molecule has 0 unspecified atom stereocenters. The Morgan fingerprint density at radius 2 is 2.40 bits per heavy atom. The Hall–Kier alpha value is -1.82. The summed E-state index contributed by atoms with van der Waals surface area (Å²) in [7, 11) is 0. The molecular weight excluding hydrogens is 322 g/mol. The van der Waals surface area contributed by atoms with Crippen molar-refractivity contribution in [2.45, 2.75) is 19.3 Å². The highest BCUT2D eigenvalue weighted by Crippen LogP contribution is 2.47. The number of hydrogen-bond acceptors (Lipinski definition) is 3. The summed E-state index contributed by atoms with van der Waals surface area (Å²) in [6, 6.07) is 5.52. The van der Waals surface area contributed by atoms with Gasteiger partial charge in [-0.1, -0.05) is 6.92 Å². The minimum Gasteiger partial charge on any atom is -0.460 e. The molecule has 1 aliphatic carbocycles. The fraction of sp³-hybridized carbons (Fsp3) is 0.286. The van der Waals surface area contributed by atoms with Crippen molar-refractivity contribution < 1.29 is 9.21 Å². The van der Waals surface area contributed by atoms with Crippen LogP contribution in [0.2, 0.25) is 0 Å². The lowest BCUT2D eigenvalue weighted by Crippen LogP contribution is -2.17. The molecule has 2 aromatic rings. The predicted molar refractivity (Wildman–Crippen MR) is 78.8 cm³/mol. The lowest BCUT2D eigenvalue weighted by molar-refractivity contribution is 0.0951. The molecule has 1 amide bonds. The number of furan rings is 1. The maximum atomic E-state index is 11.7. The number of H-pyrrole nitrogens is 1. The second-order valence-electron chi connectivity index (χ2n) is 4.99. The van der Waals surface area contributed by atoms with Gasteiger partial charge in [0, 0.05) is 16.6 Å². The standard InChI is InChI=1S/C14H14BrN3O2/c1-8-4-11(8)13-3-2-10(20-13)7-17-18-14(19)12-5-9(15)6-16-12/h2-3,5-8,11,16H,4H2,1H3,(H,18,19)/b17-7-/t8-,11+/m1/s1. The van der Waals surface area contributed by atoms with Crippen LogP contribution in [0.25, 0.3) is 0 Å². The second kappa shape index (κ2) is 5.28. The molecule has 2 atom stereocenters. The van der Waals surface area contributed by atoms with Crippen molar-refractivity contribution in [3.05, 3.63) is 46.1 Å². The molecule has 5 nitrogen and oxygen atoms in total. The van der Waals surface area contributed by atoms with E-state index >= 15 is 0 Å². The first-order valence-corrected chi connectivity index (χ1v) is 7.20. The third-order valence-electron chi connectivity index (χ3n) is 3.37. The molecule has 2 N–H and O–H groups in total. The Bertz CT molecular complexity index is 659. The Labute approximate surface area is 124 Å². The van der Waals surface area contributed by atoms with Gasteiger partial charge in [-0.05, 0) is 46.5 Å². The Balaban J connectivity index is 1.57. The van der Waals surface area contributed by atoms with Gasteiger partial charge in [-0.3, -0.25) is 4.79 Å². The molecular formula is C14H14BrN3O2. The largest absolute Gasteiger partial charge is 0.460 e. The van der Waals surface area contributed by atoms with E-state index in [0.717, 1.165) is 10.2 Å². The number of hydrazone groups is 1. The fourth-order valence-corrected chi connectivity index (χ4v) is 2.41. The average molecular weight is 336 g/mol. The van der Waals surface area contributed by atoms with Gasteiger partial charge in [0.2, 0.25) is 0 Å². The smallest absolute Gasteiger partial charge is 0.287 e. The van der Waals surface area contributed by atoms with Crippen LogP contribution in [-0.4, -0.2) is 17.1 Å². The average Bonchev–Trinajstić information content (AvgIpc) is 2.82. The molecule has 0 saturated heterocycles. The fourth-order valence-electron chi connectivity index (χ4n) is 2.07. The van der Waals surface area contributed by atoms with Crippen molar-refractivity contribution in [1.29, 1.82) is 0 Å². The molecule has 1 saturated carbocycles. The van der Waals surface area contributed by atoms with Crippen LogP contribution in [0, 0.1) is 5.92 Å². The summed E-state index contributed by atoms with van der Waals surface area (Å²) in [5, 5.41) is 3.89. The van der Waals surface area contributed by atoms with Crippen LogP contribution in [0.5, 0.6) is 0 Å². The molecule has 0 radical (unpaired) electrons. The normalized spacial score (nSPS) is 21.3. The molecule has 0 spiro atoms. The molecule has 0 aromatic carbocycles. The van der Waals surface area contributed by atoms with E-state index in [0.29, 0.717) is 23.3 Å². The van der Waals surface area contributed by atoms with E-state index in [4.69, 9.17) is 4.42 Å². The zero-order chi connectivity index (χ0) is 14.1. The van der Waals surface area contributed by atoms with Gasteiger partial charge in [0.15, 0.2) is 0 Å². The highest BCUT2D eigenvalue weighted by Gasteiger charge is 2.36. The minimum atomic E-state index is -0.297. The maximum absolute atomic E-state index is 11.7. The number of carbonyl (C=O) groups is 1. The van der Waals surface area contributed by atoms with Crippen molar-refractivity contribution in [2.75, 3.05) is 0 Å². The van der Waals surface area contributed by atoms with Crippen LogP contribution in [0.3, 0.4) is 0 Å². The summed E-state index contributed by atoms with van der Waals surface area (Å²) in [6.45, 7) is 2.20. The first-order chi connectivity index (χ1) is 9.63. The van der Waals surface area contributed by atoms with E-state index in [1.54, 1.807) is 12.3 Å². The predicted octanol–water partition coefficient (Wildman–Crippen LogP) is 3.26. The monoisotopic (exact) mass is 335 g/mol. The van der Waals surface area contributed by atoms with Gasteiger partial charge in [0.25, 0.3) is 5.91 Å². The molecule has 1 aliphatic rings. The zero-order valence-corrected chi connectivity index (χ0v) is 12.5. The number of rotatable bonds is 4. The van der Waals surface area contributed by atoms with Gasteiger partial charge in [0.05, 0.1) is 6.21 Å². The quantitative estimate of drug-likeness (QED) is 0.665. The maximum Gasteiger partial charge on any atom is 0.287 e. The summed E-state index contributed by atoms with van der Waals surface area (Å²) in [5.74, 6) is 2.60. The number of nitrogens with zero attached hydrogens (tertiary/aromatic N) is 1. The van der Waals surface area contributed by atoms with Gasteiger partial charge in [-0.2, -0.15) is 5.10 Å². The summed E-state index contributed by atoms with van der Waals surface area (Å²) >= 11 is 3.27. The van der Waals surface area contributed by atoms with Gasteiger partial charge in [0.1, 0.15) is 17.2 Å². The van der Waals surface area contributed by atoms with Crippen LogP contribution < -0.4 is 5.43 Å². The topological polar surface area (TPSA) is 70.4 Å². The molecule has 3 rings (SSSR count). The van der Waals surface area contributed by atoms with Gasteiger partial charge < -0.3 is 9.40 Å². The second-order valence-corrected chi connectivity index (χ2v) is 5.91. The highest BCUT2D eigenvalue weighted by atomic mass is 79.9. The molecule has 2 heterocycles. The summed E-state index contributed by atoms with van der Waals surface area (Å²) in [6.07, 6.45) is 4.38. The number of amides is 1. The zero-order valence-electron chi connectivity index (χ0n) is 10.9. The molecule has 2 aromatic heterocycles. The van der Waals surface area contributed by atoms with E-state index in [2.05, 4.69) is 38.4 Å². The van der Waals surface area contributed by atoms with E-state index in [1.807, 2.05) is 12.1 Å². The molecule has 1 fully saturated rings. The van der Waals surface area contributed by atoms with E-state index < -0.39 is 0 Å². The molecule has 20 heavy (non-hydrogen) atoms. The number of halogens is 1. The number of aromatic amines is 1. The summed E-state index contributed by atoms with van der Waals surface area (Å²) < 4.78 is 6.47. The first-order valence-electron chi connectivity index (χ1n) is 6.40. The molecule has 6 heteroatoms. The lowest BCUT2D eigenvalue weighted by Gasteiger charge is -1.95. The van der Waals surface area contributed by atoms with Crippen LogP contribution >= 0.6 is 15.9 Å². The summed E-state index contributed by atoms with van der Waals surface area (Å²) in [5.41, 5.74) is 2.89. The SMILES string of the molecule is C[C@@H]1C[C@@H]1c1ccc(/C=N\NC(=O)c2cc(Br)c[nH]2)o1. The van der Waals surface area contributed by atoms with E-state index in [-0.39, 0.29) is 5.91 Å². The Kier molecular flexibility index (Phi) is 3.48. The highest BCUT2D eigenvalue weighted by molar-refractivity contribution is 9.10. The van der Waals surface area contributed by atoms with E-state index in [1.165, 1.54) is 12.6 Å². The van der Waals surface area contributed by atoms with Crippen molar-refractivity contribution in [2.24, 2.45) is 11.0 Å². The Morgan fingerprint density at radius 3 is 3.05 bits per heavy atom. The van der Waals surface area contributed by atoms with E-state index in [9.17, 15) is 4.79 Å². The van der Waals surface area contributed by atoms with Gasteiger partial charge in [-0.25, -0.2) is 5.43 Å². The van der Waals surface area contributed by atoms with Crippen LogP contribution in [0.4, 0.5) is 0 Å². The number of aromatic nitrogens is 1. The lowest BCUT2D eigenvalue weighted by atomic mass is 10.3. The van der Waals surface area contributed by atoms with Crippen LogP contribution in [0.15, 0.2) is 38.4 Å². The van der Waals surface area contributed by atoms with Gasteiger partial charge >= 0.3 is 0 Å². The minimum absolute atomic E-state index is 0.297. The molecule has 0 aliphatic heterocycles. The Morgan fingerprint density at radius 1 is 1.60 bits per heavy atom. The van der Waals surface area contributed by atoms with Crippen molar-refractivity contribution in [1.82, 2.24) is 10.4 Å². The molecule has 104 valence electrons. The summed E-state index contributed by atoms with van der Waals surface area (Å²) in [4.78, 5) is 14.5. The number of hydrogen-bond donors (Lipinski definition) is 2. The third-order valence-corrected chi connectivity index (χ3v) is 3.83. The number of carbonyl (C=O) groups excluding carboxylic acids is 1. The van der Waals surface area contributed by atoms with Crippen LogP contribution in [-0.2, 0) is 0 Å². The third kappa shape index (κ3) is 2.85. The number of nitrogens with one attached hydrogen (secondary N) is 2. The van der Waals surface area contributed by atoms with Crippen molar-refractivity contribution >= 4 is 28.1 Å². The van der Waals surface area contributed by atoms with Crippen molar-refractivity contribution in [3.8, 4) is 0 Å². The van der Waals surface area contributed by atoms with Crippen LogP contribution in [0.1, 0.15) is 41.3 Å². The molecule has 0 bridgehead atoms.